The number of thiazole rings is 1. The molecule has 6 heteroatoms. The van der Waals surface area contributed by atoms with Crippen LogP contribution in [0, 0.1) is 11.7 Å². The Morgan fingerprint density at radius 1 is 1.22 bits per heavy atom. The van der Waals surface area contributed by atoms with E-state index in [2.05, 4.69) is 16.3 Å². The highest BCUT2D eigenvalue weighted by Crippen LogP contribution is 2.31. The molecule has 4 nitrogen and oxygen atoms in total. The number of carbonyl (C=O) groups excluding carboxylic acids is 1. The molecule has 0 bridgehead atoms. The molecule has 1 fully saturated rings. The van der Waals surface area contributed by atoms with Gasteiger partial charge in [-0.25, -0.2) is 9.37 Å². The summed E-state index contributed by atoms with van der Waals surface area (Å²) < 4.78 is 14.1. The third kappa shape index (κ3) is 4.27. The van der Waals surface area contributed by atoms with E-state index in [1.54, 1.807) is 23.5 Å². The van der Waals surface area contributed by atoms with E-state index in [9.17, 15) is 9.18 Å². The van der Waals surface area contributed by atoms with Crippen LogP contribution in [0.15, 0.2) is 48.5 Å². The molecule has 2 heterocycles. The maximum atomic E-state index is 12.9. The Morgan fingerprint density at radius 2 is 2.04 bits per heavy atom. The zero-order valence-corrected chi connectivity index (χ0v) is 15.8. The number of rotatable bonds is 5. The number of carbonyl (C=O) groups is 1. The van der Waals surface area contributed by atoms with Gasteiger partial charge in [-0.1, -0.05) is 35.6 Å². The summed E-state index contributed by atoms with van der Waals surface area (Å²) in [6.45, 7) is 2.23. The Morgan fingerprint density at radius 3 is 2.85 bits per heavy atom. The van der Waals surface area contributed by atoms with Crippen molar-refractivity contribution in [2.24, 2.45) is 5.92 Å². The second-order valence-electron chi connectivity index (χ2n) is 6.92. The normalized spacial score (nSPS) is 17.2. The lowest BCUT2D eigenvalue weighted by molar-refractivity contribution is -0.125. The summed E-state index contributed by atoms with van der Waals surface area (Å²) in [5.74, 6) is -0.151. The molecule has 4 rings (SSSR count). The summed E-state index contributed by atoms with van der Waals surface area (Å²) in [7, 11) is 0. The lowest BCUT2D eigenvalue weighted by Crippen LogP contribution is -2.43. The predicted octanol–water partition coefficient (Wildman–Crippen LogP) is 4.01. The summed E-state index contributed by atoms with van der Waals surface area (Å²) >= 11 is 1.69. The molecule has 140 valence electrons. The van der Waals surface area contributed by atoms with Crippen LogP contribution in [0.3, 0.4) is 0 Å². The molecule has 1 unspecified atom stereocenters. The maximum absolute atomic E-state index is 12.9. The van der Waals surface area contributed by atoms with Gasteiger partial charge < -0.3 is 10.2 Å². The van der Waals surface area contributed by atoms with Crippen LogP contribution in [0.25, 0.3) is 10.2 Å². The summed E-state index contributed by atoms with van der Waals surface area (Å²) in [5, 5.41) is 4.04. The third-order valence-corrected chi connectivity index (χ3v) is 6.07. The maximum Gasteiger partial charge on any atom is 0.224 e. The molecule has 1 aliphatic heterocycles. The largest absolute Gasteiger partial charge is 0.355 e. The van der Waals surface area contributed by atoms with Gasteiger partial charge in [-0.3, -0.25) is 4.79 Å². The topological polar surface area (TPSA) is 45.2 Å². The molecule has 1 atom stereocenters. The number of nitrogens with zero attached hydrogens (tertiary/aromatic N) is 2. The first-order chi connectivity index (χ1) is 13.2. The summed E-state index contributed by atoms with van der Waals surface area (Å²) in [5.41, 5.74) is 2.04. The number of piperidine rings is 1. The van der Waals surface area contributed by atoms with Gasteiger partial charge in [0.05, 0.1) is 16.1 Å². The van der Waals surface area contributed by atoms with Gasteiger partial charge in [0.15, 0.2) is 5.13 Å². The Hall–Kier alpha value is -2.47. The van der Waals surface area contributed by atoms with Gasteiger partial charge in [0, 0.05) is 19.6 Å². The minimum absolute atomic E-state index is 0.0148. The minimum Gasteiger partial charge on any atom is -0.355 e. The van der Waals surface area contributed by atoms with Crippen LogP contribution in [0.2, 0.25) is 0 Å². The van der Waals surface area contributed by atoms with Crippen LogP contribution in [0.1, 0.15) is 18.4 Å². The molecule has 3 aromatic rings. The Balaban J connectivity index is 1.33. The second-order valence-corrected chi connectivity index (χ2v) is 7.93. The molecular weight excluding hydrogens is 361 g/mol. The Bertz CT molecular complexity index is 892. The highest BCUT2D eigenvalue weighted by atomic mass is 32.1. The number of hydrogen-bond acceptors (Lipinski definition) is 4. The van der Waals surface area contributed by atoms with E-state index in [1.807, 2.05) is 18.2 Å². The number of fused-ring (bicyclic) bond motifs is 1. The smallest absolute Gasteiger partial charge is 0.224 e. The molecule has 0 aliphatic carbocycles. The molecule has 1 amide bonds. The van der Waals surface area contributed by atoms with E-state index in [-0.39, 0.29) is 17.6 Å². The number of nitrogens with one attached hydrogen (secondary N) is 1. The first-order valence-electron chi connectivity index (χ1n) is 9.32. The molecule has 1 N–H and O–H groups in total. The van der Waals surface area contributed by atoms with Crippen molar-refractivity contribution >= 4 is 32.6 Å². The number of aromatic nitrogens is 1. The summed E-state index contributed by atoms with van der Waals surface area (Å²) in [4.78, 5) is 19.5. The van der Waals surface area contributed by atoms with Gasteiger partial charge in [0.25, 0.3) is 0 Å². The fourth-order valence-corrected chi connectivity index (χ4v) is 4.49. The van der Waals surface area contributed by atoms with Gasteiger partial charge in [-0.2, -0.15) is 0 Å². The van der Waals surface area contributed by atoms with Gasteiger partial charge in [0.1, 0.15) is 5.82 Å². The Kier molecular flexibility index (Phi) is 5.34. The fourth-order valence-electron chi connectivity index (χ4n) is 3.49. The van der Waals surface area contributed by atoms with Crippen molar-refractivity contribution in [2.45, 2.75) is 19.3 Å². The van der Waals surface area contributed by atoms with Crippen LogP contribution in [-0.4, -0.2) is 30.5 Å². The van der Waals surface area contributed by atoms with Crippen LogP contribution >= 0.6 is 11.3 Å². The van der Waals surface area contributed by atoms with E-state index in [1.165, 1.54) is 16.8 Å². The van der Waals surface area contributed by atoms with Gasteiger partial charge in [-0.05, 0) is 49.1 Å². The number of amides is 1. The van der Waals surface area contributed by atoms with Crippen molar-refractivity contribution < 1.29 is 9.18 Å². The zero-order chi connectivity index (χ0) is 18.6. The van der Waals surface area contributed by atoms with Gasteiger partial charge in [0.2, 0.25) is 5.91 Å². The lowest BCUT2D eigenvalue weighted by atomic mass is 9.97. The van der Waals surface area contributed by atoms with E-state index in [4.69, 9.17) is 4.98 Å². The van der Waals surface area contributed by atoms with Gasteiger partial charge >= 0.3 is 0 Å². The van der Waals surface area contributed by atoms with E-state index >= 15 is 0 Å². The quantitative estimate of drug-likeness (QED) is 0.724. The zero-order valence-electron chi connectivity index (χ0n) is 15.0. The molecule has 0 radical (unpaired) electrons. The highest BCUT2D eigenvalue weighted by Gasteiger charge is 2.27. The first kappa shape index (κ1) is 17.9. The van der Waals surface area contributed by atoms with E-state index in [0.29, 0.717) is 19.5 Å². The molecule has 1 aliphatic rings. The second kappa shape index (κ2) is 8.05. The number of benzene rings is 2. The van der Waals surface area contributed by atoms with Crippen LogP contribution < -0.4 is 10.2 Å². The fraction of sp³-hybridized carbons (Fsp3) is 0.333. The average Bonchev–Trinajstić information content (AvgIpc) is 3.14. The Labute approximate surface area is 162 Å². The number of para-hydroxylation sites is 1. The molecule has 1 aromatic heterocycles. The van der Waals surface area contributed by atoms with Crippen molar-refractivity contribution in [2.75, 3.05) is 24.5 Å². The standard InChI is InChI=1S/C21H22FN3OS/c22-17-9-7-15(8-10-17)11-12-23-20(26)16-4-3-13-25(14-16)21-24-18-5-1-2-6-19(18)27-21/h1-2,5-10,16H,3-4,11-14H2,(H,23,26). The van der Waals surface area contributed by atoms with Crippen LogP contribution in [0.4, 0.5) is 9.52 Å². The minimum atomic E-state index is -0.236. The molecule has 0 spiro atoms. The van der Waals surface area contributed by atoms with Crippen molar-refractivity contribution in [3.05, 3.63) is 59.9 Å². The molecule has 0 saturated carbocycles. The van der Waals surface area contributed by atoms with Crippen LogP contribution in [0.5, 0.6) is 0 Å². The number of halogens is 1. The van der Waals surface area contributed by atoms with Crippen molar-refractivity contribution in [1.29, 1.82) is 0 Å². The molecular formula is C21H22FN3OS. The highest BCUT2D eigenvalue weighted by molar-refractivity contribution is 7.22. The van der Waals surface area contributed by atoms with E-state index < -0.39 is 0 Å². The lowest BCUT2D eigenvalue weighted by Gasteiger charge is -2.31. The average molecular weight is 383 g/mol. The first-order valence-corrected chi connectivity index (χ1v) is 10.1. The third-order valence-electron chi connectivity index (χ3n) is 4.97. The molecule has 27 heavy (non-hydrogen) atoms. The number of hydrogen-bond donors (Lipinski definition) is 1. The monoisotopic (exact) mass is 383 g/mol. The van der Waals surface area contributed by atoms with Crippen molar-refractivity contribution in [1.82, 2.24) is 10.3 Å². The predicted molar refractivity (Wildman–Crippen MR) is 108 cm³/mol. The number of anilines is 1. The molecule has 2 aromatic carbocycles. The molecule has 1 saturated heterocycles. The van der Waals surface area contributed by atoms with Gasteiger partial charge in [-0.15, -0.1) is 0 Å². The summed E-state index contributed by atoms with van der Waals surface area (Å²) in [6, 6.07) is 14.6. The SMILES string of the molecule is O=C(NCCc1ccc(F)cc1)C1CCCN(c2nc3ccccc3s2)C1. The summed E-state index contributed by atoms with van der Waals surface area (Å²) in [6.07, 6.45) is 2.61. The van der Waals surface area contributed by atoms with E-state index in [0.717, 1.165) is 35.6 Å². The van der Waals surface area contributed by atoms with Crippen molar-refractivity contribution in [3.8, 4) is 0 Å². The van der Waals surface area contributed by atoms with Crippen molar-refractivity contribution in [3.63, 3.8) is 0 Å². The van der Waals surface area contributed by atoms with Crippen LogP contribution in [-0.2, 0) is 11.2 Å².